The van der Waals surface area contributed by atoms with E-state index in [4.69, 9.17) is 14.2 Å². The Bertz CT molecular complexity index is 865. The summed E-state index contributed by atoms with van der Waals surface area (Å²) in [6.45, 7) is 2.02. The highest BCUT2D eigenvalue weighted by atomic mass is 16.5. The smallest absolute Gasteiger partial charge is 0.311 e. The Morgan fingerprint density at radius 1 is 1.11 bits per heavy atom. The summed E-state index contributed by atoms with van der Waals surface area (Å²) in [5.41, 5.74) is 1.94. The van der Waals surface area contributed by atoms with Gasteiger partial charge in [-0.05, 0) is 54.0 Å². The number of hydrogen-bond donors (Lipinski definition) is 0. The number of hydrogen-bond acceptors (Lipinski definition) is 5. The molecule has 0 aliphatic carbocycles. The normalized spacial score (nSPS) is 10.8. The van der Waals surface area contributed by atoms with Gasteiger partial charge in [-0.3, -0.25) is 4.79 Å². The van der Waals surface area contributed by atoms with Crippen LogP contribution in [-0.4, -0.2) is 20.2 Å². The molecule has 2 rings (SSSR count). The maximum absolute atomic E-state index is 11.8. The lowest BCUT2D eigenvalue weighted by Crippen LogP contribution is -2.07. The Kier molecular flexibility index (Phi) is 7.45. The Balaban J connectivity index is 2.26. The number of esters is 1. The number of allylic oxidation sites excluding steroid dienone is 1. The molecule has 0 aromatic heterocycles. The molecular formula is C22H23NO4. The van der Waals surface area contributed by atoms with Crippen molar-refractivity contribution in [3.05, 3.63) is 53.6 Å². The van der Waals surface area contributed by atoms with Crippen molar-refractivity contribution < 1.29 is 19.0 Å². The summed E-state index contributed by atoms with van der Waals surface area (Å²) in [7, 11) is 3.11. The van der Waals surface area contributed by atoms with Crippen LogP contribution >= 0.6 is 0 Å². The average molecular weight is 365 g/mol. The third-order valence-corrected chi connectivity index (χ3v) is 3.95. The van der Waals surface area contributed by atoms with E-state index in [0.29, 0.717) is 34.8 Å². The molecule has 0 heterocycles. The van der Waals surface area contributed by atoms with Crippen LogP contribution in [0.15, 0.2) is 42.5 Å². The molecule has 2 aromatic rings. The molecule has 0 aliphatic heterocycles. The molecule has 0 bridgehead atoms. The fourth-order valence-electron chi connectivity index (χ4n) is 2.52. The predicted octanol–water partition coefficient (Wildman–Crippen LogP) is 4.86. The summed E-state index contributed by atoms with van der Waals surface area (Å²) in [5.74, 6) is 1.36. The van der Waals surface area contributed by atoms with Crippen molar-refractivity contribution in [1.29, 1.82) is 5.26 Å². The van der Waals surface area contributed by atoms with E-state index in [1.807, 2.05) is 13.0 Å². The van der Waals surface area contributed by atoms with Gasteiger partial charge in [0.25, 0.3) is 0 Å². The van der Waals surface area contributed by atoms with Crippen molar-refractivity contribution in [3.63, 3.8) is 0 Å². The molecule has 0 saturated heterocycles. The summed E-state index contributed by atoms with van der Waals surface area (Å²) in [5, 5.41) is 9.57. The number of rotatable bonds is 8. The largest absolute Gasteiger partial charge is 0.493 e. The number of carbonyl (C=O) groups is 1. The topological polar surface area (TPSA) is 68.6 Å². The zero-order chi connectivity index (χ0) is 19.6. The standard InChI is InChI=1S/C22H23NO4/c1-4-5-9-22(24)27-19-8-6-7-16(13-19)12-18(15-23)17-10-11-20(25-2)21(14-17)26-3/h6-8,10-14H,4-5,9H2,1-3H3/b18-12-. The first-order valence-corrected chi connectivity index (χ1v) is 8.76. The van der Waals surface area contributed by atoms with Crippen LogP contribution in [0.3, 0.4) is 0 Å². The third kappa shape index (κ3) is 5.61. The highest BCUT2D eigenvalue weighted by Gasteiger charge is 2.09. The summed E-state index contributed by atoms with van der Waals surface area (Å²) >= 11 is 0. The molecule has 2 aromatic carbocycles. The average Bonchev–Trinajstić information content (AvgIpc) is 2.70. The van der Waals surface area contributed by atoms with Crippen LogP contribution < -0.4 is 14.2 Å². The summed E-state index contributed by atoms with van der Waals surface area (Å²) in [6.07, 6.45) is 3.88. The molecule has 27 heavy (non-hydrogen) atoms. The van der Waals surface area contributed by atoms with Crippen molar-refractivity contribution >= 4 is 17.6 Å². The second-order valence-corrected chi connectivity index (χ2v) is 5.89. The molecule has 0 amide bonds. The minimum atomic E-state index is -0.252. The summed E-state index contributed by atoms with van der Waals surface area (Å²) in [4.78, 5) is 11.8. The van der Waals surface area contributed by atoms with Crippen LogP contribution in [0.1, 0.15) is 37.3 Å². The van der Waals surface area contributed by atoms with E-state index in [2.05, 4.69) is 6.07 Å². The third-order valence-electron chi connectivity index (χ3n) is 3.95. The maximum Gasteiger partial charge on any atom is 0.311 e. The fraction of sp³-hybridized carbons (Fsp3) is 0.273. The highest BCUT2D eigenvalue weighted by Crippen LogP contribution is 2.31. The van der Waals surface area contributed by atoms with E-state index < -0.39 is 0 Å². The van der Waals surface area contributed by atoms with Crippen molar-refractivity contribution in [2.75, 3.05) is 14.2 Å². The molecule has 0 spiro atoms. The summed E-state index contributed by atoms with van der Waals surface area (Å²) in [6, 6.07) is 14.6. The molecule has 0 unspecified atom stereocenters. The van der Waals surface area contributed by atoms with Gasteiger partial charge in [-0.2, -0.15) is 5.26 Å². The van der Waals surface area contributed by atoms with Gasteiger partial charge in [0, 0.05) is 6.42 Å². The van der Waals surface area contributed by atoms with E-state index in [0.717, 1.165) is 18.4 Å². The molecule has 0 N–H and O–H groups in total. The lowest BCUT2D eigenvalue weighted by atomic mass is 10.0. The van der Waals surface area contributed by atoms with E-state index in [9.17, 15) is 10.1 Å². The minimum absolute atomic E-state index is 0.252. The van der Waals surface area contributed by atoms with Crippen LogP contribution in [0.4, 0.5) is 0 Å². The number of nitriles is 1. The van der Waals surface area contributed by atoms with Gasteiger partial charge < -0.3 is 14.2 Å². The predicted molar refractivity (Wildman–Crippen MR) is 105 cm³/mol. The zero-order valence-corrected chi connectivity index (χ0v) is 15.8. The molecule has 5 heteroatoms. The second-order valence-electron chi connectivity index (χ2n) is 5.89. The Morgan fingerprint density at radius 2 is 1.89 bits per heavy atom. The molecule has 0 atom stereocenters. The molecule has 0 fully saturated rings. The maximum atomic E-state index is 11.8. The number of unbranched alkanes of at least 4 members (excludes halogenated alkanes) is 1. The van der Waals surface area contributed by atoms with Crippen LogP contribution in [0.2, 0.25) is 0 Å². The van der Waals surface area contributed by atoms with Gasteiger partial charge in [-0.1, -0.05) is 25.5 Å². The lowest BCUT2D eigenvalue weighted by Gasteiger charge is -2.09. The van der Waals surface area contributed by atoms with Crippen LogP contribution in [0.25, 0.3) is 11.6 Å². The van der Waals surface area contributed by atoms with Crippen LogP contribution in [0, 0.1) is 11.3 Å². The number of carbonyl (C=O) groups excluding carboxylic acids is 1. The lowest BCUT2D eigenvalue weighted by molar-refractivity contribution is -0.134. The van der Waals surface area contributed by atoms with Gasteiger partial charge in [0.2, 0.25) is 0 Å². The molecular weight excluding hydrogens is 342 g/mol. The quantitative estimate of drug-likeness (QED) is 0.289. The molecule has 5 nitrogen and oxygen atoms in total. The monoisotopic (exact) mass is 365 g/mol. The second kappa shape index (κ2) is 10.0. The van der Waals surface area contributed by atoms with Crippen molar-refractivity contribution in [3.8, 4) is 23.3 Å². The van der Waals surface area contributed by atoms with Gasteiger partial charge >= 0.3 is 5.97 Å². The molecule has 0 radical (unpaired) electrons. The van der Waals surface area contributed by atoms with Gasteiger partial charge in [0.1, 0.15) is 5.75 Å². The first-order valence-electron chi connectivity index (χ1n) is 8.76. The first-order chi connectivity index (χ1) is 13.1. The molecule has 0 saturated carbocycles. The van der Waals surface area contributed by atoms with Crippen LogP contribution in [0.5, 0.6) is 17.2 Å². The Morgan fingerprint density at radius 3 is 2.56 bits per heavy atom. The van der Waals surface area contributed by atoms with Crippen molar-refractivity contribution in [2.24, 2.45) is 0 Å². The van der Waals surface area contributed by atoms with Gasteiger partial charge in [0.15, 0.2) is 11.5 Å². The zero-order valence-electron chi connectivity index (χ0n) is 15.8. The fourth-order valence-corrected chi connectivity index (χ4v) is 2.52. The number of ether oxygens (including phenoxy) is 3. The van der Waals surface area contributed by atoms with Gasteiger partial charge in [0.05, 0.1) is 25.9 Å². The van der Waals surface area contributed by atoms with E-state index in [1.165, 1.54) is 0 Å². The Hall–Kier alpha value is -3.26. The van der Waals surface area contributed by atoms with Gasteiger partial charge in [-0.15, -0.1) is 0 Å². The van der Waals surface area contributed by atoms with E-state index in [-0.39, 0.29) is 5.97 Å². The number of methoxy groups -OCH3 is 2. The number of nitrogens with zero attached hydrogens (tertiary/aromatic N) is 1. The molecule has 0 aliphatic rings. The van der Waals surface area contributed by atoms with Crippen LogP contribution in [-0.2, 0) is 4.79 Å². The van der Waals surface area contributed by atoms with Gasteiger partial charge in [-0.25, -0.2) is 0 Å². The number of benzene rings is 2. The highest BCUT2D eigenvalue weighted by molar-refractivity contribution is 5.90. The van der Waals surface area contributed by atoms with Crippen molar-refractivity contribution in [2.45, 2.75) is 26.2 Å². The minimum Gasteiger partial charge on any atom is -0.493 e. The van der Waals surface area contributed by atoms with E-state index in [1.54, 1.807) is 56.7 Å². The SMILES string of the molecule is CCCCC(=O)Oc1cccc(/C=C(/C#N)c2ccc(OC)c(OC)c2)c1. The first kappa shape index (κ1) is 20.1. The van der Waals surface area contributed by atoms with Crippen molar-refractivity contribution in [1.82, 2.24) is 0 Å². The van der Waals surface area contributed by atoms with E-state index >= 15 is 0 Å². The molecule has 140 valence electrons. The Labute approximate surface area is 159 Å². The summed E-state index contributed by atoms with van der Waals surface area (Å²) < 4.78 is 15.9.